The lowest BCUT2D eigenvalue weighted by Crippen LogP contribution is -2.10. The van der Waals surface area contributed by atoms with Gasteiger partial charge in [-0.2, -0.15) is 0 Å². The van der Waals surface area contributed by atoms with Crippen LogP contribution in [0, 0.1) is 0 Å². The third-order valence-corrected chi connectivity index (χ3v) is 3.92. The first-order valence-corrected chi connectivity index (χ1v) is 7.20. The zero-order chi connectivity index (χ0) is 14.1. The fraction of sp³-hybridized carbons (Fsp3) is 0.286. The van der Waals surface area contributed by atoms with Crippen LogP contribution >= 0.6 is 15.9 Å². The topological polar surface area (TPSA) is 73.1 Å². The predicted molar refractivity (Wildman–Crippen MR) is 81.5 cm³/mol. The van der Waals surface area contributed by atoms with Gasteiger partial charge in [0, 0.05) is 23.2 Å². The highest BCUT2D eigenvalue weighted by molar-refractivity contribution is 9.10. The quantitative estimate of drug-likeness (QED) is 0.664. The summed E-state index contributed by atoms with van der Waals surface area (Å²) in [4.78, 5) is 9.06. The minimum Gasteiger partial charge on any atom is -0.496 e. The number of nitrogens with one attached hydrogen (secondary N) is 1. The van der Waals surface area contributed by atoms with Crippen LogP contribution in [0.15, 0.2) is 28.7 Å². The molecule has 0 atom stereocenters. The van der Waals surface area contributed by atoms with Gasteiger partial charge in [0.05, 0.1) is 11.6 Å². The summed E-state index contributed by atoms with van der Waals surface area (Å²) in [5.74, 6) is 8.14. The van der Waals surface area contributed by atoms with Crippen LogP contribution in [0.2, 0.25) is 0 Å². The Balaban J connectivity index is 2.04. The standard InChI is InChI=1S/C14H15BrN4O/c1-20-12-5-4-9(6-10(12)15)14-17-11(8-2-3-8)7-13(18-14)19-16/h4-8H,2-3,16H2,1H3,(H,17,18,19). The van der Waals surface area contributed by atoms with E-state index in [4.69, 9.17) is 10.6 Å². The van der Waals surface area contributed by atoms with Crippen molar-refractivity contribution in [3.8, 4) is 17.1 Å². The highest BCUT2D eigenvalue weighted by Crippen LogP contribution is 2.40. The van der Waals surface area contributed by atoms with Gasteiger partial charge < -0.3 is 10.2 Å². The summed E-state index contributed by atoms with van der Waals surface area (Å²) in [6.07, 6.45) is 2.37. The molecule has 20 heavy (non-hydrogen) atoms. The summed E-state index contributed by atoms with van der Waals surface area (Å²) in [5, 5.41) is 0. The second kappa shape index (κ2) is 5.38. The number of aromatic nitrogens is 2. The van der Waals surface area contributed by atoms with E-state index >= 15 is 0 Å². The van der Waals surface area contributed by atoms with Crippen molar-refractivity contribution in [1.29, 1.82) is 0 Å². The van der Waals surface area contributed by atoms with Crippen LogP contribution in [0.1, 0.15) is 24.5 Å². The van der Waals surface area contributed by atoms with E-state index in [1.807, 2.05) is 24.3 Å². The first-order valence-electron chi connectivity index (χ1n) is 6.41. The molecule has 1 saturated carbocycles. The molecule has 3 rings (SSSR count). The smallest absolute Gasteiger partial charge is 0.161 e. The Morgan fingerprint density at radius 3 is 2.70 bits per heavy atom. The van der Waals surface area contributed by atoms with Crippen molar-refractivity contribution < 1.29 is 4.74 Å². The molecule has 0 bridgehead atoms. The van der Waals surface area contributed by atoms with Crippen LogP contribution in [-0.4, -0.2) is 17.1 Å². The fourth-order valence-electron chi connectivity index (χ4n) is 2.06. The second-order valence-electron chi connectivity index (χ2n) is 4.77. The van der Waals surface area contributed by atoms with Gasteiger partial charge in [0.25, 0.3) is 0 Å². The Morgan fingerprint density at radius 1 is 1.30 bits per heavy atom. The van der Waals surface area contributed by atoms with Gasteiger partial charge in [-0.25, -0.2) is 15.8 Å². The van der Waals surface area contributed by atoms with Crippen LogP contribution in [0.5, 0.6) is 5.75 Å². The molecule has 1 aliphatic rings. The number of rotatable bonds is 4. The molecule has 1 aromatic heterocycles. The Hall–Kier alpha value is -1.66. The predicted octanol–water partition coefficient (Wildman–Crippen LogP) is 3.08. The minimum absolute atomic E-state index is 0.547. The van der Waals surface area contributed by atoms with Crippen molar-refractivity contribution in [1.82, 2.24) is 9.97 Å². The number of nitrogen functional groups attached to an aromatic ring is 1. The largest absolute Gasteiger partial charge is 0.496 e. The monoisotopic (exact) mass is 334 g/mol. The number of hydrazine groups is 1. The van der Waals surface area contributed by atoms with Crippen molar-refractivity contribution in [3.63, 3.8) is 0 Å². The molecule has 0 radical (unpaired) electrons. The zero-order valence-corrected chi connectivity index (χ0v) is 12.6. The summed E-state index contributed by atoms with van der Waals surface area (Å²) >= 11 is 3.48. The molecule has 0 spiro atoms. The molecule has 5 nitrogen and oxygen atoms in total. The van der Waals surface area contributed by atoms with E-state index in [1.54, 1.807) is 7.11 Å². The van der Waals surface area contributed by atoms with Crippen LogP contribution in [0.25, 0.3) is 11.4 Å². The minimum atomic E-state index is 0.547. The lowest BCUT2D eigenvalue weighted by atomic mass is 10.2. The summed E-state index contributed by atoms with van der Waals surface area (Å²) in [6.45, 7) is 0. The molecule has 1 aliphatic carbocycles. The maximum absolute atomic E-state index is 5.49. The fourth-order valence-corrected chi connectivity index (χ4v) is 2.60. The number of hydrogen-bond donors (Lipinski definition) is 2. The van der Waals surface area contributed by atoms with Crippen molar-refractivity contribution in [2.75, 3.05) is 12.5 Å². The maximum atomic E-state index is 5.49. The first kappa shape index (κ1) is 13.3. The Labute approximate surface area is 125 Å². The molecular formula is C14H15BrN4O. The molecular weight excluding hydrogens is 320 g/mol. The molecule has 1 heterocycles. The number of anilines is 1. The van der Waals surface area contributed by atoms with E-state index in [-0.39, 0.29) is 0 Å². The molecule has 104 valence electrons. The number of nitrogens with zero attached hydrogens (tertiary/aromatic N) is 2. The van der Waals surface area contributed by atoms with Gasteiger partial charge in [-0.3, -0.25) is 0 Å². The molecule has 6 heteroatoms. The Morgan fingerprint density at radius 2 is 2.10 bits per heavy atom. The molecule has 0 unspecified atom stereocenters. The van der Waals surface area contributed by atoms with Crippen molar-refractivity contribution in [2.24, 2.45) is 5.84 Å². The number of nitrogens with two attached hydrogens (primary N) is 1. The SMILES string of the molecule is COc1ccc(-c2nc(NN)cc(C3CC3)n2)cc1Br. The molecule has 0 saturated heterocycles. The van der Waals surface area contributed by atoms with Gasteiger partial charge in [-0.05, 0) is 47.0 Å². The van der Waals surface area contributed by atoms with E-state index < -0.39 is 0 Å². The van der Waals surface area contributed by atoms with Gasteiger partial charge in [0.2, 0.25) is 0 Å². The second-order valence-corrected chi connectivity index (χ2v) is 5.62. The lowest BCUT2D eigenvalue weighted by molar-refractivity contribution is 0.412. The van der Waals surface area contributed by atoms with E-state index in [0.717, 1.165) is 21.5 Å². The third-order valence-electron chi connectivity index (χ3n) is 3.30. The summed E-state index contributed by atoms with van der Waals surface area (Å²) < 4.78 is 6.11. The highest BCUT2D eigenvalue weighted by Gasteiger charge is 2.26. The van der Waals surface area contributed by atoms with Crippen LogP contribution < -0.4 is 16.0 Å². The van der Waals surface area contributed by atoms with Gasteiger partial charge >= 0.3 is 0 Å². The molecule has 2 aromatic rings. The summed E-state index contributed by atoms with van der Waals surface area (Å²) in [7, 11) is 1.64. The third kappa shape index (κ3) is 2.62. The number of hydrogen-bond acceptors (Lipinski definition) is 5. The average Bonchev–Trinajstić information content (AvgIpc) is 3.31. The molecule has 0 amide bonds. The van der Waals surface area contributed by atoms with Crippen molar-refractivity contribution >= 4 is 21.7 Å². The van der Waals surface area contributed by atoms with E-state index in [0.29, 0.717) is 17.6 Å². The summed E-state index contributed by atoms with van der Waals surface area (Å²) in [6, 6.07) is 7.70. The maximum Gasteiger partial charge on any atom is 0.161 e. The zero-order valence-electron chi connectivity index (χ0n) is 11.1. The van der Waals surface area contributed by atoms with E-state index in [2.05, 4.69) is 31.3 Å². The van der Waals surface area contributed by atoms with Crippen LogP contribution in [-0.2, 0) is 0 Å². The van der Waals surface area contributed by atoms with Crippen LogP contribution in [0.3, 0.4) is 0 Å². The van der Waals surface area contributed by atoms with Crippen molar-refractivity contribution in [3.05, 3.63) is 34.4 Å². The normalized spacial score (nSPS) is 14.2. The van der Waals surface area contributed by atoms with Gasteiger partial charge in [0.1, 0.15) is 11.6 Å². The van der Waals surface area contributed by atoms with E-state index in [9.17, 15) is 0 Å². The van der Waals surface area contributed by atoms with Crippen molar-refractivity contribution in [2.45, 2.75) is 18.8 Å². The average molecular weight is 335 g/mol. The Bertz CT molecular complexity index is 643. The molecule has 1 fully saturated rings. The van der Waals surface area contributed by atoms with Gasteiger partial charge in [0.15, 0.2) is 5.82 Å². The number of ether oxygens (including phenoxy) is 1. The summed E-state index contributed by atoms with van der Waals surface area (Å²) in [5.41, 5.74) is 4.59. The molecule has 1 aromatic carbocycles. The van der Waals surface area contributed by atoms with E-state index in [1.165, 1.54) is 12.8 Å². The lowest BCUT2D eigenvalue weighted by Gasteiger charge is -2.09. The van der Waals surface area contributed by atoms with Gasteiger partial charge in [-0.15, -0.1) is 0 Å². The van der Waals surface area contributed by atoms with Crippen LogP contribution in [0.4, 0.5) is 5.82 Å². The molecule has 3 N–H and O–H groups in total. The first-order chi connectivity index (χ1) is 9.71. The number of halogens is 1. The van der Waals surface area contributed by atoms with Gasteiger partial charge in [-0.1, -0.05) is 0 Å². The molecule has 0 aliphatic heterocycles. The Kier molecular flexibility index (Phi) is 3.58. The highest BCUT2D eigenvalue weighted by atomic mass is 79.9. The number of methoxy groups -OCH3 is 1. The number of benzene rings is 1.